The van der Waals surface area contributed by atoms with E-state index in [0.29, 0.717) is 10.6 Å². The van der Waals surface area contributed by atoms with Crippen molar-refractivity contribution in [1.29, 1.82) is 5.26 Å². The Hall–Kier alpha value is -1.26. The molecule has 0 amide bonds. The SMILES string of the molecule is C=Cc1ccc(Cl)c(C#N)c1. The fourth-order valence-corrected chi connectivity index (χ4v) is 0.915. The van der Waals surface area contributed by atoms with E-state index in [9.17, 15) is 0 Å². The molecule has 0 bridgehead atoms. The Labute approximate surface area is 70.5 Å². The monoisotopic (exact) mass is 163 g/mol. The van der Waals surface area contributed by atoms with Crippen LogP contribution in [-0.4, -0.2) is 0 Å². The molecule has 2 heteroatoms. The van der Waals surface area contributed by atoms with E-state index < -0.39 is 0 Å². The van der Waals surface area contributed by atoms with Crippen LogP contribution < -0.4 is 0 Å². The van der Waals surface area contributed by atoms with Crippen LogP contribution in [0.2, 0.25) is 5.02 Å². The molecule has 54 valence electrons. The van der Waals surface area contributed by atoms with Crippen LogP contribution in [0.4, 0.5) is 0 Å². The maximum absolute atomic E-state index is 8.57. The quantitative estimate of drug-likeness (QED) is 0.625. The second kappa shape index (κ2) is 3.23. The molecule has 0 unspecified atom stereocenters. The molecule has 1 aromatic carbocycles. The zero-order valence-corrected chi connectivity index (χ0v) is 6.60. The average molecular weight is 164 g/mol. The summed E-state index contributed by atoms with van der Waals surface area (Å²) in [7, 11) is 0. The first kappa shape index (κ1) is 7.84. The molecule has 0 heterocycles. The second-order valence-electron chi connectivity index (χ2n) is 2.06. The topological polar surface area (TPSA) is 23.8 Å². The third kappa shape index (κ3) is 1.60. The minimum atomic E-state index is 0.484. The zero-order chi connectivity index (χ0) is 8.27. The first-order valence-corrected chi connectivity index (χ1v) is 3.48. The van der Waals surface area contributed by atoms with Gasteiger partial charge in [0.2, 0.25) is 0 Å². The molecule has 1 aromatic rings. The number of rotatable bonds is 1. The first-order chi connectivity index (χ1) is 5.27. The Balaban J connectivity index is 3.25. The van der Waals surface area contributed by atoms with E-state index in [4.69, 9.17) is 16.9 Å². The minimum absolute atomic E-state index is 0.484. The van der Waals surface area contributed by atoms with Gasteiger partial charge >= 0.3 is 0 Å². The molecule has 11 heavy (non-hydrogen) atoms. The summed E-state index contributed by atoms with van der Waals surface area (Å²) < 4.78 is 0. The summed E-state index contributed by atoms with van der Waals surface area (Å²) in [5.41, 5.74) is 1.40. The van der Waals surface area contributed by atoms with Crippen LogP contribution in [0.25, 0.3) is 6.08 Å². The smallest absolute Gasteiger partial charge is 0.101 e. The zero-order valence-electron chi connectivity index (χ0n) is 5.84. The first-order valence-electron chi connectivity index (χ1n) is 3.10. The number of benzene rings is 1. The fraction of sp³-hybridized carbons (Fsp3) is 0. The Morgan fingerprint density at radius 1 is 1.55 bits per heavy atom. The predicted octanol–water partition coefficient (Wildman–Crippen LogP) is 2.85. The molecular weight excluding hydrogens is 158 g/mol. The lowest BCUT2D eigenvalue weighted by Crippen LogP contribution is -1.78. The van der Waals surface area contributed by atoms with Crippen molar-refractivity contribution in [1.82, 2.24) is 0 Å². The number of halogens is 1. The molecular formula is C9H6ClN. The normalized spacial score (nSPS) is 8.73. The molecule has 0 aliphatic rings. The number of nitriles is 1. The molecule has 0 atom stereocenters. The highest BCUT2D eigenvalue weighted by atomic mass is 35.5. The van der Waals surface area contributed by atoms with E-state index in [1.54, 1.807) is 18.2 Å². The molecule has 1 rings (SSSR count). The Morgan fingerprint density at radius 2 is 2.27 bits per heavy atom. The van der Waals surface area contributed by atoms with E-state index in [-0.39, 0.29) is 0 Å². The summed E-state index contributed by atoms with van der Waals surface area (Å²) in [6.07, 6.45) is 1.68. The Morgan fingerprint density at radius 3 is 2.82 bits per heavy atom. The van der Waals surface area contributed by atoms with Gasteiger partial charge < -0.3 is 0 Å². The van der Waals surface area contributed by atoms with Crippen LogP contribution in [-0.2, 0) is 0 Å². The lowest BCUT2D eigenvalue weighted by Gasteiger charge is -1.95. The molecule has 0 radical (unpaired) electrons. The van der Waals surface area contributed by atoms with Crippen molar-refractivity contribution in [2.75, 3.05) is 0 Å². The summed E-state index contributed by atoms with van der Waals surface area (Å²) in [5, 5.41) is 9.05. The highest BCUT2D eigenvalue weighted by Gasteiger charge is 1.97. The van der Waals surface area contributed by atoms with Crippen molar-refractivity contribution in [3.63, 3.8) is 0 Å². The maximum Gasteiger partial charge on any atom is 0.101 e. The van der Waals surface area contributed by atoms with E-state index in [2.05, 4.69) is 6.58 Å². The molecule has 0 fully saturated rings. The Bertz CT molecular complexity index is 323. The van der Waals surface area contributed by atoms with Gasteiger partial charge in [0.1, 0.15) is 6.07 Å². The summed E-state index contributed by atoms with van der Waals surface area (Å²) in [4.78, 5) is 0. The number of nitrogens with zero attached hydrogens (tertiary/aromatic N) is 1. The molecule has 0 aromatic heterocycles. The summed E-state index contributed by atoms with van der Waals surface area (Å²) >= 11 is 5.70. The van der Waals surface area contributed by atoms with Gasteiger partial charge in [-0.1, -0.05) is 30.3 Å². The van der Waals surface area contributed by atoms with Gasteiger partial charge in [-0.3, -0.25) is 0 Å². The maximum atomic E-state index is 8.57. The number of hydrogen-bond acceptors (Lipinski definition) is 1. The van der Waals surface area contributed by atoms with Gasteiger partial charge in [0.25, 0.3) is 0 Å². The van der Waals surface area contributed by atoms with Gasteiger partial charge in [0.05, 0.1) is 10.6 Å². The van der Waals surface area contributed by atoms with Crippen molar-refractivity contribution >= 4 is 17.7 Å². The van der Waals surface area contributed by atoms with Crippen molar-refractivity contribution in [2.45, 2.75) is 0 Å². The van der Waals surface area contributed by atoms with E-state index >= 15 is 0 Å². The molecule has 0 N–H and O–H groups in total. The van der Waals surface area contributed by atoms with Crippen molar-refractivity contribution < 1.29 is 0 Å². The van der Waals surface area contributed by atoms with Crippen molar-refractivity contribution in [3.8, 4) is 6.07 Å². The average Bonchev–Trinajstić information content (AvgIpc) is 2.05. The third-order valence-electron chi connectivity index (χ3n) is 1.35. The van der Waals surface area contributed by atoms with E-state index in [1.165, 1.54) is 0 Å². The van der Waals surface area contributed by atoms with Crippen LogP contribution in [0.1, 0.15) is 11.1 Å². The van der Waals surface area contributed by atoms with Crippen molar-refractivity contribution in [2.24, 2.45) is 0 Å². The highest BCUT2D eigenvalue weighted by molar-refractivity contribution is 6.31. The predicted molar refractivity (Wildman–Crippen MR) is 46.3 cm³/mol. The minimum Gasteiger partial charge on any atom is -0.192 e. The largest absolute Gasteiger partial charge is 0.192 e. The molecule has 0 aliphatic carbocycles. The van der Waals surface area contributed by atoms with Gasteiger partial charge in [-0.15, -0.1) is 0 Å². The summed E-state index contributed by atoms with van der Waals surface area (Å²) in [5.74, 6) is 0. The molecule has 0 saturated heterocycles. The second-order valence-corrected chi connectivity index (χ2v) is 2.46. The van der Waals surface area contributed by atoms with E-state index in [0.717, 1.165) is 5.56 Å². The Kier molecular flexibility index (Phi) is 2.30. The van der Waals surface area contributed by atoms with Crippen LogP contribution >= 0.6 is 11.6 Å². The van der Waals surface area contributed by atoms with Gasteiger partial charge in [0, 0.05) is 0 Å². The summed E-state index contributed by atoms with van der Waals surface area (Å²) in [6, 6.07) is 7.20. The lowest BCUT2D eigenvalue weighted by molar-refractivity contribution is 1.48. The lowest BCUT2D eigenvalue weighted by atomic mass is 10.1. The van der Waals surface area contributed by atoms with E-state index in [1.807, 2.05) is 12.1 Å². The molecule has 1 nitrogen and oxygen atoms in total. The van der Waals surface area contributed by atoms with Crippen LogP contribution in [0.15, 0.2) is 24.8 Å². The highest BCUT2D eigenvalue weighted by Crippen LogP contribution is 2.16. The standard InChI is InChI=1S/C9H6ClN/c1-2-7-3-4-9(10)8(5-7)6-11/h2-5H,1H2. The van der Waals surface area contributed by atoms with Crippen LogP contribution in [0, 0.1) is 11.3 Å². The molecule has 0 aliphatic heterocycles. The van der Waals surface area contributed by atoms with Crippen LogP contribution in [0.3, 0.4) is 0 Å². The summed E-state index contributed by atoms with van der Waals surface area (Å²) in [6.45, 7) is 3.58. The van der Waals surface area contributed by atoms with Crippen LogP contribution in [0.5, 0.6) is 0 Å². The van der Waals surface area contributed by atoms with Gasteiger partial charge in [-0.2, -0.15) is 5.26 Å². The molecule has 0 saturated carbocycles. The third-order valence-corrected chi connectivity index (χ3v) is 1.68. The fourth-order valence-electron chi connectivity index (χ4n) is 0.756. The van der Waals surface area contributed by atoms with Crippen molar-refractivity contribution in [3.05, 3.63) is 40.9 Å². The molecule has 0 spiro atoms. The van der Waals surface area contributed by atoms with Gasteiger partial charge in [-0.05, 0) is 17.7 Å². The van der Waals surface area contributed by atoms with Gasteiger partial charge in [-0.25, -0.2) is 0 Å². The number of hydrogen-bond donors (Lipinski definition) is 0. The van der Waals surface area contributed by atoms with Gasteiger partial charge in [0.15, 0.2) is 0 Å².